The maximum absolute atomic E-state index is 12.6. The number of ether oxygens (including phenoxy) is 1. The maximum atomic E-state index is 12.6. The second-order valence-electron chi connectivity index (χ2n) is 6.28. The van der Waals surface area contributed by atoms with Gasteiger partial charge < -0.3 is 15.2 Å². The summed E-state index contributed by atoms with van der Waals surface area (Å²) in [5, 5.41) is 15.4. The molecular weight excluding hydrogens is 338 g/mol. The number of aliphatic hydroxyl groups excluding tert-OH is 1. The molecule has 0 unspecified atom stereocenters. The number of nitrogens with one attached hydrogen (secondary N) is 1. The molecule has 2 heterocycles. The van der Waals surface area contributed by atoms with Crippen molar-refractivity contribution >= 4 is 17.2 Å². The molecule has 25 heavy (non-hydrogen) atoms. The van der Waals surface area contributed by atoms with Gasteiger partial charge in [-0.3, -0.25) is 9.69 Å². The summed E-state index contributed by atoms with van der Waals surface area (Å²) in [4.78, 5) is 19.0. The summed E-state index contributed by atoms with van der Waals surface area (Å²) in [7, 11) is 1.59. The summed E-state index contributed by atoms with van der Waals surface area (Å²) in [6.07, 6.45) is 0.113. The highest BCUT2D eigenvalue weighted by molar-refractivity contribution is 7.07. The van der Waals surface area contributed by atoms with Gasteiger partial charge in [0.25, 0.3) is 5.91 Å². The van der Waals surface area contributed by atoms with Gasteiger partial charge in [0.15, 0.2) is 0 Å². The lowest BCUT2D eigenvalue weighted by molar-refractivity contribution is 0.0345. The van der Waals surface area contributed by atoms with E-state index < -0.39 is 6.10 Å². The molecule has 0 radical (unpaired) electrons. The number of aliphatic hydroxyl groups is 1. The molecule has 0 bridgehead atoms. The molecule has 6 nitrogen and oxygen atoms in total. The van der Waals surface area contributed by atoms with Gasteiger partial charge in [0.05, 0.1) is 30.5 Å². The number of β-amino-alcohol motifs (C(OH)–C–C–N with tert-alkyl or cyclic N) is 1. The second-order valence-corrected chi connectivity index (χ2v) is 7.00. The number of hydrogen-bond acceptors (Lipinski definition) is 6. The molecule has 2 aromatic rings. The van der Waals surface area contributed by atoms with Crippen molar-refractivity contribution in [3.8, 4) is 5.75 Å². The summed E-state index contributed by atoms with van der Waals surface area (Å²) in [5.74, 6) is 0.514. The average Bonchev–Trinajstić information content (AvgIpc) is 3.10. The van der Waals surface area contributed by atoms with Gasteiger partial charge in [-0.05, 0) is 25.5 Å². The molecule has 0 saturated carbocycles. The third kappa shape index (κ3) is 4.18. The molecule has 134 valence electrons. The molecular formula is C18H23N3O3S. The highest BCUT2D eigenvalue weighted by Gasteiger charge is 2.29. The van der Waals surface area contributed by atoms with E-state index in [0.717, 1.165) is 24.3 Å². The largest absolute Gasteiger partial charge is 0.496 e. The van der Waals surface area contributed by atoms with Crippen molar-refractivity contribution in [2.24, 2.45) is 0 Å². The number of likely N-dealkylation sites (tertiary alicyclic amines) is 1. The van der Waals surface area contributed by atoms with Crippen LogP contribution in [0.2, 0.25) is 0 Å². The molecule has 7 heteroatoms. The standard InChI is InChI=1S/C18H23N3O3S/c1-12-14(4-3-5-17(12)24-2)18(23)20-15-6-7-21(9-16(15)22)8-13-10-25-11-19-13/h3-5,10-11,15-16,22H,6-9H2,1-2H3,(H,20,23)/t15-,16-/m1/s1. The van der Waals surface area contributed by atoms with Crippen molar-refractivity contribution in [2.45, 2.75) is 32.0 Å². The van der Waals surface area contributed by atoms with E-state index >= 15 is 0 Å². The number of carbonyl (C=O) groups is 1. The Morgan fingerprint density at radius 1 is 1.52 bits per heavy atom. The summed E-state index contributed by atoms with van der Waals surface area (Å²) < 4.78 is 5.27. The van der Waals surface area contributed by atoms with Crippen LogP contribution in [0.4, 0.5) is 0 Å². The van der Waals surface area contributed by atoms with Crippen molar-refractivity contribution in [3.05, 3.63) is 45.9 Å². The Balaban J connectivity index is 1.59. The van der Waals surface area contributed by atoms with Crippen molar-refractivity contribution < 1.29 is 14.6 Å². The third-order valence-corrected chi connectivity index (χ3v) is 5.24. The maximum Gasteiger partial charge on any atom is 0.251 e. The number of rotatable bonds is 5. The third-order valence-electron chi connectivity index (χ3n) is 4.60. The number of thiazole rings is 1. The average molecular weight is 361 g/mol. The quantitative estimate of drug-likeness (QED) is 0.850. The highest BCUT2D eigenvalue weighted by atomic mass is 32.1. The summed E-state index contributed by atoms with van der Waals surface area (Å²) in [6.45, 7) is 3.94. The van der Waals surface area contributed by atoms with E-state index in [1.165, 1.54) is 0 Å². The Hall–Kier alpha value is -1.96. The van der Waals surface area contributed by atoms with Crippen LogP contribution < -0.4 is 10.1 Å². The first-order chi connectivity index (χ1) is 12.1. The molecule has 0 spiro atoms. The summed E-state index contributed by atoms with van der Waals surface area (Å²) >= 11 is 1.57. The minimum atomic E-state index is -0.595. The van der Waals surface area contributed by atoms with Crippen LogP contribution in [0, 0.1) is 6.92 Å². The lowest BCUT2D eigenvalue weighted by Gasteiger charge is -2.36. The number of aromatic nitrogens is 1. The molecule has 1 aliphatic heterocycles. The number of benzene rings is 1. The van der Waals surface area contributed by atoms with E-state index in [0.29, 0.717) is 24.3 Å². The fourth-order valence-electron chi connectivity index (χ4n) is 3.18. The van der Waals surface area contributed by atoms with Gasteiger partial charge in [0.1, 0.15) is 5.75 Å². The van der Waals surface area contributed by atoms with Crippen molar-refractivity contribution in [3.63, 3.8) is 0 Å². The molecule has 2 atom stereocenters. The number of hydrogen-bond donors (Lipinski definition) is 2. The van der Waals surface area contributed by atoms with Crippen molar-refractivity contribution in [1.29, 1.82) is 0 Å². The second kappa shape index (κ2) is 7.95. The van der Waals surface area contributed by atoms with E-state index in [4.69, 9.17) is 4.74 Å². The fourth-order valence-corrected chi connectivity index (χ4v) is 3.73. The van der Waals surface area contributed by atoms with Crippen LogP contribution in [0.1, 0.15) is 28.0 Å². The smallest absolute Gasteiger partial charge is 0.251 e. The van der Waals surface area contributed by atoms with Crippen molar-refractivity contribution in [2.75, 3.05) is 20.2 Å². The number of amides is 1. The molecule has 1 amide bonds. The first-order valence-corrected chi connectivity index (χ1v) is 9.24. The fraction of sp³-hybridized carbons (Fsp3) is 0.444. The Labute approximate surface area is 151 Å². The number of piperidine rings is 1. The van der Waals surface area contributed by atoms with Gasteiger partial charge in [-0.15, -0.1) is 11.3 Å². The lowest BCUT2D eigenvalue weighted by Crippen LogP contribution is -2.53. The van der Waals surface area contributed by atoms with E-state index in [2.05, 4.69) is 15.2 Å². The van der Waals surface area contributed by atoms with Crippen LogP contribution in [0.5, 0.6) is 5.75 Å². The van der Waals surface area contributed by atoms with E-state index in [1.54, 1.807) is 30.6 Å². The predicted octanol–water partition coefficient (Wildman–Crippen LogP) is 1.83. The van der Waals surface area contributed by atoms with E-state index in [-0.39, 0.29) is 11.9 Å². The van der Waals surface area contributed by atoms with E-state index in [1.807, 2.05) is 23.9 Å². The zero-order chi connectivity index (χ0) is 17.8. The van der Waals surface area contributed by atoms with Crippen LogP contribution in [0.15, 0.2) is 29.1 Å². The zero-order valence-corrected chi connectivity index (χ0v) is 15.3. The van der Waals surface area contributed by atoms with Crippen LogP contribution >= 0.6 is 11.3 Å². The number of nitrogens with zero attached hydrogens (tertiary/aromatic N) is 2. The molecule has 2 N–H and O–H groups in total. The number of carbonyl (C=O) groups excluding carboxylic acids is 1. The molecule has 1 aliphatic rings. The van der Waals surface area contributed by atoms with Crippen LogP contribution in [-0.4, -0.2) is 53.2 Å². The van der Waals surface area contributed by atoms with Crippen LogP contribution in [0.25, 0.3) is 0 Å². The Kier molecular flexibility index (Phi) is 5.67. The molecule has 1 fully saturated rings. The lowest BCUT2D eigenvalue weighted by atomic mass is 10.00. The molecule has 1 saturated heterocycles. The zero-order valence-electron chi connectivity index (χ0n) is 14.4. The first kappa shape index (κ1) is 17.8. The van der Waals surface area contributed by atoms with Crippen LogP contribution in [0.3, 0.4) is 0 Å². The van der Waals surface area contributed by atoms with E-state index in [9.17, 15) is 9.90 Å². The van der Waals surface area contributed by atoms with Gasteiger partial charge in [0.2, 0.25) is 0 Å². The molecule has 0 aliphatic carbocycles. The van der Waals surface area contributed by atoms with Gasteiger partial charge in [-0.1, -0.05) is 6.07 Å². The Morgan fingerprint density at radius 2 is 2.36 bits per heavy atom. The SMILES string of the molecule is COc1cccc(C(=O)N[C@@H]2CCN(Cc3cscn3)C[C@H]2O)c1C. The number of methoxy groups -OCH3 is 1. The Bertz CT molecular complexity index is 720. The van der Waals surface area contributed by atoms with Crippen LogP contribution in [-0.2, 0) is 6.54 Å². The molecule has 3 rings (SSSR count). The van der Waals surface area contributed by atoms with Gasteiger partial charge in [-0.2, -0.15) is 0 Å². The van der Waals surface area contributed by atoms with Gasteiger partial charge >= 0.3 is 0 Å². The molecule has 1 aromatic carbocycles. The Morgan fingerprint density at radius 3 is 3.04 bits per heavy atom. The monoisotopic (exact) mass is 361 g/mol. The topological polar surface area (TPSA) is 74.7 Å². The highest BCUT2D eigenvalue weighted by Crippen LogP contribution is 2.21. The first-order valence-electron chi connectivity index (χ1n) is 8.30. The summed E-state index contributed by atoms with van der Waals surface area (Å²) in [6, 6.07) is 5.16. The summed E-state index contributed by atoms with van der Waals surface area (Å²) in [5.41, 5.74) is 4.22. The predicted molar refractivity (Wildman–Crippen MR) is 97.0 cm³/mol. The van der Waals surface area contributed by atoms with Gasteiger partial charge in [0, 0.05) is 36.1 Å². The minimum absolute atomic E-state index is 0.173. The minimum Gasteiger partial charge on any atom is -0.496 e. The molecule has 1 aromatic heterocycles. The normalized spacial score (nSPS) is 21.1. The van der Waals surface area contributed by atoms with Gasteiger partial charge in [-0.25, -0.2) is 4.98 Å². The van der Waals surface area contributed by atoms with Crippen molar-refractivity contribution in [1.82, 2.24) is 15.2 Å².